The third-order valence-electron chi connectivity index (χ3n) is 5.48. The van der Waals surface area contributed by atoms with Crippen LogP contribution in [0.5, 0.6) is 0 Å². The molecule has 2 N–H and O–H groups in total. The van der Waals surface area contributed by atoms with Crippen molar-refractivity contribution in [2.45, 2.75) is 17.1 Å². The molecule has 4 aromatic rings. The van der Waals surface area contributed by atoms with Gasteiger partial charge in [-0.15, -0.1) is 11.8 Å². The number of halogens is 1. The Kier molecular flexibility index (Phi) is 8.22. The Morgan fingerprint density at radius 1 is 0.892 bits per heavy atom. The molecule has 9 heteroatoms. The van der Waals surface area contributed by atoms with Gasteiger partial charge in [0.1, 0.15) is 5.25 Å². The zero-order valence-corrected chi connectivity index (χ0v) is 21.3. The zero-order valence-electron chi connectivity index (χ0n) is 19.7. The van der Waals surface area contributed by atoms with Gasteiger partial charge in [-0.1, -0.05) is 54.1 Å². The van der Waals surface area contributed by atoms with Crippen LogP contribution in [0.2, 0.25) is 5.02 Å². The first-order valence-corrected chi connectivity index (χ1v) is 12.5. The number of non-ortho nitro benzene ring substituents is 1. The van der Waals surface area contributed by atoms with Crippen molar-refractivity contribution in [3.8, 4) is 0 Å². The van der Waals surface area contributed by atoms with E-state index in [1.807, 2.05) is 55.5 Å². The highest BCUT2D eigenvalue weighted by molar-refractivity contribution is 8.00. The van der Waals surface area contributed by atoms with Crippen molar-refractivity contribution in [2.75, 3.05) is 10.6 Å². The van der Waals surface area contributed by atoms with Crippen molar-refractivity contribution in [3.63, 3.8) is 0 Å². The summed E-state index contributed by atoms with van der Waals surface area (Å²) in [6, 6.07) is 27.4. The number of carbonyl (C=O) groups excluding carboxylic acids is 2. The molecule has 7 nitrogen and oxygen atoms in total. The molecule has 37 heavy (non-hydrogen) atoms. The number of nitrogens with zero attached hydrogens (tertiary/aromatic N) is 1. The maximum Gasteiger partial charge on any atom is 0.270 e. The van der Waals surface area contributed by atoms with Gasteiger partial charge in [0.25, 0.3) is 11.6 Å². The van der Waals surface area contributed by atoms with E-state index in [9.17, 15) is 19.7 Å². The number of hydrogen-bond acceptors (Lipinski definition) is 5. The molecule has 0 fully saturated rings. The van der Waals surface area contributed by atoms with Gasteiger partial charge in [-0.05, 0) is 60.5 Å². The molecule has 0 spiro atoms. The molecule has 2 amide bonds. The second-order valence-corrected chi connectivity index (χ2v) is 9.76. The monoisotopic (exact) mass is 531 g/mol. The van der Waals surface area contributed by atoms with Crippen molar-refractivity contribution in [1.82, 2.24) is 0 Å². The smallest absolute Gasteiger partial charge is 0.270 e. The summed E-state index contributed by atoms with van der Waals surface area (Å²) in [4.78, 5) is 37.2. The first-order valence-electron chi connectivity index (χ1n) is 11.2. The van der Waals surface area contributed by atoms with Gasteiger partial charge in [-0.25, -0.2) is 0 Å². The SMILES string of the molecule is Cc1ccc(Cl)cc1NC(=O)C(Sc1ccc(NC(=O)c2cccc([N+](=O)[O-])c2)cc1)c1ccccc1. The van der Waals surface area contributed by atoms with E-state index in [-0.39, 0.29) is 17.2 Å². The lowest BCUT2D eigenvalue weighted by Gasteiger charge is -2.18. The molecule has 0 aliphatic carbocycles. The van der Waals surface area contributed by atoms with Crippen LogP contribution in [0, 0.1) is 17.0 Å². The topological polar surface area (TPSA) is 101 Å². The lowest BCUT2D eigenvalue weighted by molar-refractivity contribution is -0.384. The van der Waals surface area contributed by atoms with Gasteiger partial charge in [0.05, 0.1) is 4.92 Å². The highest BCUT2D eigenvalue weighted by Gasteiger charge is 2.23. The predicted octanol–water partition coefficient (Wildman–Crippen LogP) is 7.28. The van der Waals surface area contributed by atoms with Crippen molar-refractivity contribution < 1.29 is 14.5 Å². The molecule has 0 aromatic heterocycles. The number of rotatable bonds is 8. The predicted molar refractivity (Wildman–Crippen MR) is 147 cm³/mol. The van der Waals surface area contributed by atoms with Crippen LogP contribution in [0.3, 0.4) is 0 Å². The summed E-state index contributed by atoms with van der Waals surface area (Å²) in [6.45, 7) is 1.90. The van der Waals surface area contributed by atoms with Gasteiger partial charge in [-0.2, -0.15) is 0 Å². The summed E-state index contributed by atoms with van der Waals surface area (Å²) in [5, 5.41) is 16.7. The Morgan fingerprint density at radius 2 is 1.62 bits per heavy atom. The largest absolute Gasteiger partial charge is 0.325 e. The number of aryl methyl sites for hydroxylation is 1. The summed E-state index contributed by atoms with van der Waals surface area (Å²) in [6.07, 6.45) is 0. The van der Waals surface area contributed by atoms with Crippen molar-refractivity contribution in [1.29, 1.82) is 0 Å². The van der Waals surface area contributed by atoms with Gasteiger partial charge < -0.3 is 10.6 Å². The van der Waals surface area contributed by atoms with Gasteiger partial charge in [0.15, 0.2) is 0 Å². The van der Waals surface area contributed by atoms with Crippen LogP contribution in [-0.2, 0) is 4.79 Å². The van der Waals surface area contributed by atoms with Crippen LogP contribution in [0.15, 0.2) is 102 Å². The molecule has 0 bridgehead atoms. The number of nitro groups is 1. The number of benzene rings is 4. The second kappa shape index (κ2) is 11.7. The fraction of sp³-hybridized carbons (Fsp3) is 0.0714. The maximum absolute atomic E-state index is 13.3. The van der Waals surface area contributed by atoms with E-state index < -0.39 is 16.1 Å². The van der Waals surface area contributed by atoms with Crippen LogP contribution in [-0.4, -0.2) is 16.7 Å². The summed E-state index contributed by atoms with van der Waals surface area (Å²) in [5.41, 5.74) is 2.95. The molecule has 4 rings (SSSR count). The molecule has 4 aromatic carbocycles. The first-order chi connectivity index (χ1) is 17.8. The van der Waals surface area contributed by atoms with Gasteiger partial charge in [0, 0.05) is 39.0 Å². The van der Waals surface area contributed by atoms with Gasteiger partial charge in [-0.3, -0.25) is 19.7 Å². The molecular weight excluding hydrogens is 510 g/mol. The lowest BCUT2D eigenvalue weighted by Crippen LogP contribution is -2.19. The summed E-state index contributed by atoms with van der Waals surface area (Å²) < 4.78 is 0. The average molecular weight is 532 g/mol. The molecule has 186 valence electrons. The van der Waals surface area contributed by atoms with E-state index >= 15 is 0 Å². The Balaban J connectivity index is 1.50. The molecule has 0 saturated carbocycles. The zero-order chi connectivity index (χ0) is 26.4. The standard InChI is InChI=1S/C28H22ClN3O4S/c1-18-10-11-21(29)17-25(18)31-28(34)26(19-6-3-2-4-7-19)37-24-14-12-22(13-15-24)30-27(33)20-8-5-9-23(16-20)32(35)36/h2-17,26H,1H3,(H,30,33)(H,31,34). The normalized spacial score (nSPS) is 11.4. The minimum Gasteiger partial charge on any atom is -0.325 e. The quantitative estimate of drug-likeness (QED) is 0.141. The van der Waals surface area contributed by atoms with Crippen LogP contribution < -0.4 is 10.6 Å². The van der Waals surface area contributed by atoms with Crippen LogP contribution in [0.1, 0.15) is 26.7 Å². The van der Waals surface area contributed by atoms with Crippen molar-refractivity contribution in [2.24, 2.45) is 0 Å². The van der Waals surface area contributed by atoms with Crippen molar-refractivity contribution >= 4 is 52.2 Å². The number of thioether (sulfide) groups is 1. The number of amides is 2. The maximum atomic E-state index is 13.3. The van der Waals surface area contributed by atoms with E-state index in [1.165, 1.54) is 36.0 Å². The molecule has 0 aliphatic heterocycles. The van der Waals surface area contributed by atoms with Crippen LogP contribution >= 0.6 is 23.4 Å². The summed E-state index contributed by atoms with van der Waals surface area (Å²) >= 11 is 7.50. The van der Waals surface area contributed by atoms with E-state index in [1.54, 1.807) is 24.3 Å². The Labute approximate surface area is 223 Å². The van der Waals surface area contributed by atoms with Crippen LogP contribution in [0.4, 0.5) is 17.1 Å². The highest BCUT2D eigenvalue weighted by atomic mass is 35.5. The molecular formula is C28H22ClN3O4S. The van der Waals surface area contributed by atoms with E-state index in [4.69, 9.17) is 11.6 Å². The summed E-state index contributed by atoms with van der Waals surface area (Å²) in [5.74, 6) is -0.646. The van der Waals surface area contributed by atoms with Gasteiger partial charge in [0.2, 0.25) is 5.91 Å². The third kappa shape index (κ3) is 6.75. The Morgan fingerprint density at radius 3 is 2.32 bits per heavy atom. The third-order valence-corrected chi connectivity index (χ3v) is 6.98. The van der Waals surface area contributed by atoms with Crippen LogP contribution in [0.25, 0.3) is 0 Å². The Bertz CT molecular complexity index is 1450. The fourth-order valence-electron chi connectivity index (χ4n) is 3.54. The number of nitro benzene ring substituents is 1. The minimum atomic E-state index is -0.546. The number of nitrogens with one attached hydrogen (secondary N) is 2. The van der Waals surface area contributed by atoms with E-state index in [0.717, 1.165) is 16.0 Å². The molecule has 1 atom stereocenters. The van der Waals surface area contributed by atoms with Crippen molar-refractivity contribution in [3.05, 3.63) is 129 Å². The molecule has 0 saturated heterocycles. The minimum absolute atomic E-state index is 0.155. The Hall–Kier alpha value is -4.14. The summed E-state index contributed by atoms with van der Waals surface area (Å²) in [7, 11) is 0. The molecule has 1 unspecified atom stereocenters. The lowest BCUT2D eigenvalue weighted by atomic mass is 10.1. The van der Waals surface area contributed by atoms with E-state index in [0.29, 0.717) is 16.4 Å². The second-order valence-electron chi connectivity index (χ2n) is 8.14. The average Bonchev–Trinajstić information content (AvgIpc) is 2.90. The molecule has 0 aliphatic rings. The molecule has 0 radical (unpaired) electrons. The number of hydrogen-bond donors (Lipinski definition) is 2. The molecule has 0 heterocycles. The highest BCUT2D eigenvalue weighted by Crippen LogP contribution is 2.37. The fourth-order valence-corrected chi connectivity index (χ4v) is 4.74. The number of carbonyl (C=O) groups is 2. The van der Waals surface area contributed by atoms with Gasteiger partial charge >= 0.3 is 0 Å². The van der Waals surface area contributed by atoms with E-state index in [2.05, 4.69) is 10.6 Å². The first kappa shape index (κ1) is 25.9. The number of anilines is 2.